The summed E-state index contributed by atoms with van der Waals surface area (Å²) in [4.78, 5) is 4.44. The fourth-order valence-corrected chi connectivity index (χ4v) is 2.42. The summed E-state index contributed by atoms with van der Waals surface area (Å²) in [5.41, 5.74) is 3.22. The van der Waals surface area contributed by atoms with Gasteiger partial charge in [-0.05, 0) is 40.9 Å². The monoisotopic (exact) mass is 327 g/mol. The van der Waals surface area contributed by atoms with Crippen molar-refractivity contribution < 1.29 is 0 Å². The molecule has 0 aliphatic heterocycles. The van der Waals surface area contributed by atoms with E-state index in [9.17, 15) is 0 Å². The van der Waals surface area contributed by atoms with Crippen molar-refractivity contribution in [2.75, 3.05) is 0 Å². The molecule has 0 atom stereocenters. The predicted octanol–water partition coefficient (Wildman–Crippen LogP) is 3.89. The van der Waals surface area contributed by atoms with E-state index in [1.165, 1.54) is 0 Å². The summed E-state index contributed by atoms with van der Waals surface area (Å²) in [5, 5.41) is 4.59. The van der Waals surface area contributed by atoms with Crippen LogP contribution >= 0.6 is 27.5 Å². The zero-order chi connectivity index (χ0) is 13.1. The third-order valence-electron chi connectivity index (χ3n) is 2.81. The highest BCUT2D eigenvalue weighted by atomic mass is 79.9. The Hall–Kier alpha value is -0.870. The molecule has 0 N–H and O–H groups in total. The maximum absolute atomic E-state index is 5.99. The van der Waals surface area contributed by atoms with Crippen LogP contribution in [-0.2, 0) is 18.7 Å². The van der Waals surface area contributed by atoms with Gasteiger partial charge in [0.25, 0.3) is 0 Å². The Morgan fingerprint density at radius 2 is 2.06 bits per heavy atom. The number of hydrogen-bond donors (Lipinski definition) is 0. The molecule has 2 aromatic rings. The van der Waals surface area contributed by atoms with Crippen molar-refractivity contribution in [3.05, 3.63) is 39.8 Å². The molecule has 18 heavy (non-hydrogen) atoms. The normalized spacial score (nSPS) is 10.9. The van der Waals surface area contributed by atoms with Crippen molar-refractivity contribution in [2.24, 2.45) is 0 Å². The van der Waals surface area contributed by atoms with Crippen molar-refractivity contribution in [1.82, 2.24) is 14.8 Å². The molecule has 96 valence electrons. The predicted molar refractivity (Wildman–Crippen MR) is 77.4 cm³/mol. The average molecular weight is 329 g/mol. The molecule has 5 heteroatoms. The summed E-state index contributed by atoms with van der Waals surface area (Å²) in [7, 11) is 0. The summed E-state index contributed by atoms with van der Waals surface area (Å²) in [6, 6.07) is 4.11. The Morgan fingerprint density at radius 3 is 2.67 bits per heavy atom. The molecular weight excluding hydrogens is 314 g/mol. The van der Waals surface area contributed by atoms with Crippen molar-refractivity contribution >= 4 is 27.5 Å². The van der Waals surface area contributed by atoms with Crippen LogP contribution in [-0.4, -0.2) is 14.8 Å². The van der Waals surface area contributed by atoms with E-state index >= 15 is 0 Å². The summed E-state index contributed by atoms with van der Waals surface area (Å²) in [6.45, 7) is 4.22. The number of alkyl halides is 1. The Morgan fingerprint density at radius 1 is 1.28 bits per heavy atom. The van der Waals surface area contributed by atoms with Crippen LogP contribution in [0.2, 0.25) is 0 Å². The molecule has 2 rings (SSSR count). The van der Waals surface area contributed by atoms with E-state index < -0.39 is 0 Å². The topological polar surface area (TPSA) is 30.7 Å². The standard InChI is InChI=1S/C13H15BrClN3/c1-3-11-6-12(4-2)18(17-11)13-9(7-15)5-10(14)8-16-13/h5-6,8H,3-4,7H2,1-2H3. The number of hydrogen-bond acceptors (Lipinski definition) is 2. The van der Waals surface area contributed by atoms with Gasteiger partial charge >= 0.3 is 0 Å². The number of pyridine rings is 1. The van der Waals surface area contributed by atoms with Gasteiger partial charge in [-0.2, -0.15) is 5.10 Å². The van der Waals surface area contributed by atoms with Gasteiger partial charge in [0.1, 0.15) is 0 Å². The van der Waals surface area contributed by atoms with Crippen LogP contribution < -0.4 is 0 Å². The van der Waals surface area contributed by atoms with E-state index in [-0.39, 0.29) is 0 Å². The first-order valence-corrected chi connectivity index (χ1v) is 7.30. The first-order chi connectivity index (χ1) is 8.69. The van der Waals surface area contributed by atoms with Gasteiger partial charge in [0.2, 0.25) is 0 Å². The number of halogens is 2. The summed E-state index contributed by atoms with van der Waals surface area (Å²) in [5.74, 6) is 1.25. The highest BCUT2D eigenvalue weighted by Gasteiger charge is 2.12. The third kappa shape index (κ3) is 2.59. The van der Waals surface area contributed by atoms with E-state index in [0.717, 1.165) is 40.1 Å². The van der Waals surface area contributed by atoms with Gasteiger partial charge in [-0.25, -0.2) is 9.67 Å². The van der Waals surface area contributed by atoms with Gasteiger partial charge in [0.15, 0.2) is 5.82 Å². The van der Waals surface area contributed by atoms with Crippen LogP contribution in [0.1, 0.15) is 30.8 Å². The van der Waals surface area contributed by atoms with E-state index in [1.807, 2.05) is 10.7 Å². The van der Waals surface area contributed by atoms with Gasteiger partial charge in [-0.15, -0.1) is 11.6 Å². The van der Waals surface area contributed by atoms with E-state index in [2.05, 4.69) is 45.9 Å². The van der Waals surface area contributed by atoms with Gasteiger partial charge in [0.05, 0.1) is 11.6 Å². The lowest BCUT2D eigenvalue weighted by molar-refractivity contribution is 0.765. The first kappa shape index (κ1) is 13.6. The fraction of sp³-hybridized carbons (Fsp3) is 0.385. The second-order valence-electron chi connectivity index (χ2n) is 4.02. The van der Waals surface area contributed by atoms with Gasteiger partial charge in [-0.3, -0.25) is 0 Å². The zero-order valence-electron chi connectivity index (χ0n) is 10.5. The van der Waals surface area contributed by atoms with Crippen molar-refractivity contribution in [1.29, 1.82) is 0 Å². The van der Waals surface area contributed by atoms with Crippen LogP contribution in [0.25, 0.3) is 5.82 Å². The maximum atomic E-state index is 5.99. The molecule has 0 unspecified atom stereocenters. The summed E-state index contributed by atoms with van der Waals surface area (Å²) < 4.78 is 2.84. The SMILES string of the molecule is CCc1cc(CC)n(-c2ncc(Br)cc2CCl)n1. The Labute approximate surface area is 120 Å². The zero-order valence-corrected chi connectivity index (χ0v) is 12.8. The van der Waals surface area contributed by atoms with Crippen LogP contribution in [0.5, 0.6) is 0 Å². The molecule has 0 radical (unpaired) electrons. The quantitative estimate of drug-likeness (QED) is 0.797. The van der Waals surface area contributed by atoms with Crippen LogP contribution in [0.15, 0.2) is 22.8 Å². The minimum atomic E-state index is 0.423. The van der Waals surface area contributed by atoms with Gasteiger partial charge in [-0.1, -0.05) is 13.8 Å². The van der Waals surface area contributed by atoms with Gasteiger partial charge in [0, 0.05) is 21.9 Å². The highest BCUT2D eigenvalue weighted by molar-refractivity contribution is 9.10. The second kappa shape index (κ2) is 5.85. The smallest absolute Gasteiger partial charge is 0.158 e. The fourth-order valence-electron chi connectivity index (χ4n) is 1.85. The lowest BCUT2D eigenvalue weighted by Gasteiger charge is -2.09. The number of aryl methyl sites for hydroxylation is 2. The van der Waals surface area contributed by atoms with E-state index in [4.69, 9.17) is 11.6 Å². The van der Waals surface area contributed by atoms with E-state index in [0.29, 0.717) is 5.88 Å². The Balaban J connectivity index is 2.56. The maximum Gasteiger partial charge on any atom is 0.158 e. The molecule has 0 aromatic carbocycles. The summed E-state index contributed by atoms with van der Waals surface area (Å²) in [6.07, 6.45) is 3.62. The number of rotatable bonds is 4. The minimum absolute atomic E-state index is 0.423. The Bertz CT molecular complexity index is 551. The second-order valence-corrected chi connectivity index (χ2v) is 5.20. The van der Waals surface area contributed by atoms with Crippen molar-refractivity contribution in [3.8, 4) is 5.82 Å². The van der Waals surface area contributed by atoms with E-state index in [1.54, 1.807) is 6.20 Å². The minimum Gasteiger partial charge on any atom is -0.236 e. The lowest BCUT2D eigenvalue weighted by atomic mass is 10.2. The molecular formula is C13H15BrClN3. The summed E-state index contributed by atoms with van der Waals surface area (Å²) >= 11 is 9.40. The van der Waals surface area contributed by atoms with Crippen molar-refractivity contribution in [2.45, 2.75) is 32.6 Å². The molecule has 0 spiro atoms. The lowest BCUT2D eigenvalue weighted by Crippen LogP contribution is -2.07. The average Bonchev–Trinajstić information content (AvgIpc) is 2.81. The molecule has 0 saturated carbocycles. The van der Waals surface area contributed by atoms with Crippen molar-refractivity contribution in [3.63, 3.8) is 0 Å². The number of nitrogens with zero attached hydrogens (tertiary/aromatic N) is 3. The van der Waals surface area contributed by atoms with Crippen LogP contribution in [0.3, 0.4) is 0 Å². The molecule has 3 nitrogen and oxygen atoms in total. The first-order valence-electron chi connectivity index (χ1n) is 5.98. The Kier molecular flexibility index (Phi) is 4.40. The third-order valence-corrected chi connectivity index (χ3v) is 3.53. The number of aromatic nitrogens is 3. The molecule has 0 fully saturated rings. The molecule has 2 heterocycles. The molecule has 0 bridgehead atoms. The molecule has 2 aromatic heterocycles. The van der Waals surface area contributed by atoms with Gasteiger partial charge < -0.3 is 0 Å². The molecule has 0 aliphatic carbocycles. The highest BCUT2D eigenvalue weighted by Crippen LogP contribution is 2.21. The van der Waals surface area contributed by atoms with Crippen LogP contribution in [0, 0.1) is 0 Å². The molecule has 0 aliphatic rings. The van der Waals surface area contributed by atoms with Crippen LogP contribution in [0.4, 0.5) is 0 Å². The molecule has 0 amide bonds. The molecule has 0 saturated heterocycles. The largest absolute Gasteiger partial charge is 0.236 e.